The van der Waals surface area contributed by atoms with E-state index in [1.54, 1.807) is 0 Å². The lowest BCUT2D eigenvalue weighted by Crippen LogP contribution is -2.51. The van der Waals surface area contributed by atoms with Crippen LogP contribution in [0.25, 0.3) is 0 Å². The summed E-state index contributed by atoms with van der Waals surface area (Å²) in [6, 6.07) is 2.64. The van der Waals surface area contributed by atoms with Crippen molar-refractivity contribution >= 4 is 0 Å². The van der Waals surface area contributed by atoms with Crippen molar-refractivity contribution in [3.63, 3.8) is 0 Å². The summed E-state index contributed by atoms with van der Waals surface area (Å²) in [5, 5.41) is 3.65. The number of likely N-dealkylation sites (tertiary alicyclic amines) is 1. The lowest BCUT2D eigenvalue weighted by atomic mass is 9.85. The van der Waals surface area contributed by atoms with Gasteiger partial charge in [-0.15, -0.1) is 0 Å². The molecule has 2 fully saturated rings. The Morgan fingerprint density at radius 2 is 2.18 bits per heavy atom. The Hall–Kier alpha value is -1.00. The normalized spacial score (nSPS) is 29.9. The number of rotatable bonds is 2. The maximum Gasteiger partial charge on any atom is 0.142 e. The van der Waals surface area contributed by atoms with Gasteiger partial charge in [0.15, 0.2) is 0 Å². The third kappa shape index (κ3) is 2.64. The minimum atomic E-state index is 0.761. The van der Waals surface area contributed by atoms with Crippen molar-refractivity contribution in [1.29, 1.82) is 0 Å². The van der Waals surface area contributed by atoms with Crippen molar-refractivity contribution < 1.29 is 0 Å². The Balaban J connectivity index is 1.59. The van der Waals surface area contributed by atoms with Crippen LogP contribution in [0.3, 0.4) is 0 Å². The second kappa shape index (κ2) is 5.10. The summed E-state index contributed by atoms with van der Waals surface area (Å²) in [7, 11) is 0. The van der Waals surface area contributed by atoms with Crippen LogP contribution in [0, 0.1) is 5.92 Å². The molecule has 2 atom stereocenters. The van der Waals surface area contributed by atoms with Crippen LogP contribution in [-0.2, 0) is 6.54 Å². The van der Waals surface area contributed by atoms with E-state index in [1.165, 1.54) is 38.9 Å². The molecule has 0 aliphatic carbocycles. The van der Waals surface area contributed by atoms with Crippen LogP contribution < -0.4 is 5.32 Å². The van der Waals surface area contributed by atoms with E-state index < -0.39 is 0 Å². The highest BCUT2D eigenvalue weighted by Crippen LogP contribution is 2.25. The lowest BCUT2D eigenvalue weighted by Gasteiger charge is -2.41. The highest BCUT2D eigenvalue weighted by atomic mass is 15.2. The van der Waals surface area contributed by atoms with Gasteiger partial charge in [-0.1, -0.05) is 0 Å². The van der Waals surface area contributed by atoms with Gasteiger partial charge in [-0.3, -0.25) is 4.90 Å². The number of piperidine rings is 2. The summed E-state index contributed by atoms with van der Waals surface area (Å²) in [5.41, 5.74) is 0. The first-order chi connectivity index (χ1) is 8.42. The number of hydrogen-bond acceptors (Lipinski definition) is 4. The average Bonchev–Trinajstić information content (AvgIpc) is 2.40. The van der Waals surface area contributed by atoms with Gasteiger partial charge in [-0.25, -0.2) is 9.97 Å². The van der Waals surface area contributed by atoms with E-state index in [0.717, 1.165) is 24.3 Å². The summed E-state index contributed by atoms with van der Waals surface area (Å²) in [6.07, 6.45) is 7.65. The molecule has 4 nitrogen and oxygen atoms in total. The van der Waals surface area contributed by atoms with E-state index in [0.29, 0.717) is 0 Å². The first kappa shape index (κ1) is 11.1. The molecule has 3 heterocycles. The lowest BCUT2D eigenvalue weighted by molar-refractivity contribution is 0.107. The average molecular weight is 232 g/mol. The van der Waals surface area contributed by atoms with Crippen molar-refractivity contribution in [2.24, 2.45) is 5.92 Å². The number of hydrogen-bond donors (Lipinski definition) is 1. The molecule has 0 spiro atoms. The molecule has 2 aliphatic heterocycles. The van der Waals surface area contributed by atoms with Crippen molar-refractivity contribution in [3.8, 4) is 0 Å². The van der Waals surface area contributed by atoms with E-state index in [1.807, 2.05) is 18.5 Å². The van der Waals surface area contributed by atoms with Crippen LogP contribution in [0.2, 0.25) is 0 Å². The SMILES string of the molecule is c1cnc(CN2CCC3NCCCC3C2)nc1. The summed E-state index contributed by atoms with van der Waals surface area (Å²) in [6.45, 7) is 4.50. The van der Waals surface area contributed by atoms with E-state index in [2.05, 4.69) is 20.2 Å². The number of aromatic nitrogens is 2. The largest absolute Gasteiger partial charge is 0.314 e. The smallest absolute Gasteiger partial charge is 0.142 e. The number of fused-ring (bicyclic) bond motifs is 1. The molecule has 17 heavy (non-hydrogen) atoms. The minimum Gasteiger partial charge on any atom is -0.314 e. The van der Waals surface area contributed by atoms with Crippen molar-refractivity contribution in [2.45, 2.75) is 31.8 Å². The van der Waals surface area contributed by atoms with Gasteiger partial charge in [0.05, 0.1) is 6.54 Å². The molecule has 1 aromatic heterocycles. The second-order valence-electron chi connectivity index (χ2n) is 5.15. The molecular weight excluding hydrogens is 212 g/mol. The fraction of sp³-hybridized carbons (Fsp3) is 0.692. The van der Waals surface area contributed by atoms with Crippen molar-refractivity contribution in [2.75, 3.05) is 19.6 Å². The van der Waals surface area contributed by atoms with Crippen LogP contribution in [0.5, 0.6) is 0 Å². The maximum atomic E-state index is 4.31. The monoisotopic (exact) mass is 232 g/mol. The molecule has 2 saturated heterocycles. The van der Waals surface area contributed by atoms with Crippen LogP contribution in [0.4, 0.5) is 0 Å². The fourth-order valence-electron chi connectivity index (χ4n) is 3.08. The molecule has 1 N–H and O–H groups in total. The van der Waals surface area contributed by atoms with E-state index in [4.69, 9.17) is 0 Å². The molecule has 3 rings (SSSR count). The summed E-state index contributed by atoms with van der Waals surface area (Å²) < 4.78 is 0. The van der Waals surface area contributed by atoms with Crippen LogP contribution in [0.1, 0.15) is 25.1 Å². The van der Waals surface area contributed by atoms with Crippen LogP contribution in [0.15, 0.2) is 18.5 Å². The molecule has 92 valence electrons. The molecule has 0 aromatic carbocycles. The summed E-state index contributed by atoms with van der Waals surface area (Å²) >= 11 is 0. The summed E-state index contributed by atoms with van der Waals surface area (Å²) in [4.78, 5) is 11.1. The molecule has 0 radical (unpaired) electrons. The molecule has 2 unspecified atom stereocenters. The van der Waals surface area contributed by atoms with E-state index in [9.17, 15) is 0 Å². The Bertz CT molecular complexity index is 354. The maximum absolute atomic E-state index is 4.31. The topological polar surface area (TPSA) is 41.1 Å². The number of nitrogens with one attached hydrogen (secondary N) is 1. The second-order valence-corrected chi connectivity index (χ2v) is 5.15. The Morgan fingerprint density at radius 1 is 1.29 bits per heavy atom. The zero-order chi connectivity index (χ0) is 11.5. The first-order valence-electron chi connectivity index (χ1n) is 6.63. The van der Waals surface area contributed by atoms with Gasteiger partial charge in [0.25, 0.3) is 0 Å². The van der Waals surface area contributed by atoms with Crippen LogP contribution in [-0.4, -0.2) is 40.5 Å². The van der Waals surface area contributed by atoms with Crippen molar-refractivity contribution in [1.82, 2.24) is 20.2 Å². The third-order valence-electron chi connectivity index (χ3n) is 3.96. The Morgan fingerprint density at radius 3 is 3.06 bits per heavy atom. The molecular formula is C13H20N4. The third-order valence-corrected chi connectivity index (χ3v) is 3.96. The minimum absolute atomic E-state index is 0.761. The van der Waals surface area contributed by atoms with Gasteiger partial charge < -0.3 is 5.32 Å². The fourth-order valence-corrected chi connectivity index (χ4v) is 3.08. The van der Waals surface area contributed by atoms with Gasteiger partial charge in [0, 0.05) is 31.5 Å². The Kier molecular flexibility index (Phi) is 3.34. The molecule has 0 bridgehead atoms. The Labute approximate surface area is 102 Å². The molecule has 4 heteroatoms. The standard InChI is InChI=1S/C13H20N4/c1-3-11-9-17(8-4-12(11)14-5-1)10-13-15-6-2-7-16-13/h2,6-7,11-12,14H,1,3-5,8-10H2. The summed E-state index contributed by atoms with van der Waals surface area (Å²) in [5.74, 6) is 1.79. The van der Waals surface area contributed by atoms with Gasteiger partial charge in [0.2, 0.25) is 0 Å². The van der Waals surface area contributed by atoms with Gasteiger partial charge in [-0.05, 0) is 37.8 Å². The van der Waals surface area contributed by atoms with Crippen molar-refractivity contribution in [3.05, 3.63) is 24.3 Å². The number of nitrogens with zero attached hydrogens (tertiary/aromatic N) is 3. The zero-order valence-corrected chi connectivity index (χ0v) is 10.2. The van der Waals surface area contributed by atoms with Gasteiger partial charge >= 0.3 is 0 Å². The first-order valence-corrected chi connectivity index (χ1v) is 6.63. The predicted octanol–water partition coefficient (Wildman–Crippen LogP) is 1.05. The molecule has 0 saturated carbocycles. The molecule has 0 amide bonds. The zero-order valence-electron chi connectivity index (χ0n) is 10.2. The molecule has 2 aliphatic rings. The van der Waals surface area contributed by atoms with Gasteiger partial charge in [-0.2, -0.15) is 0 Å². The van der Waals surface area contributed by atoms with Gasteiger partial charge in [0.1, 0.15) is 5.82 Å². The molecule has 1 aromatic rings. The highest BCUT2D eigenvalue weighted by Gasteiger charge is 2.30. The quantitative estimate of drug-likeness (QED) is 0.827. The highest BCUT2D eigenvalue weighted by molar-refractivity contribution is 4.92. The van der Waals surface area contributed by atoms with Crippen LogP contribution >= 0.6 is 0 Å². The van der Waals surface area contributed by atoms with E-state index >= 15 is 0 Å². The van der Waals surface area contributed by atoms with E-state index in [-0.39, 0.29) is 0 Å². The predicted molar refractivity (Wildman–Crippen MR) is 66.4 cm³/mol.